The Morgan fingerprint density at radius 3 is 2.90 bits per heavy atom. The van der Waals surface area contributed by atoms with Crippen LogP contribution in [0.2, 0.25) is 0 Å². The fourth-order valence-corrected chi connectivity index (χ4v) is 3.26. The average Bonchev–Trinajstić information content (AvgIpc) is 2.77. The van der Waals surface area contributed by atoms with E-state index in [1.165, 1.54) is 7.11 Å². The van der Waals surface area contributed by atoms with E-state index in [0.717, 1.165) is 28.7 Å². The maximum absolute atomic E-state index is 12.1. The summed E-state index contributed by atoms with van der Waals surface area (Å²) in [5, 5.41) is 13.4. The molecule has 100 valence electrons. The van der Waals surface area contributed by atoms with Gasteiger partial charge in [0.05, 0.1) is 13.2 Å². The highest BCUT2D eigenvalue weighted by atomic mass is 16.5. The number of carbonyl (C=O) groups is 1. The SMILES string of the molecule is COc1cc2c3c(c1O)-c1ccccc1CC3NC2=O. The molecule has 1 unspecified atom stereocenters. The van der Waals surface area contributed by atoms with E-state index in [1.54, 1.807) is 6.07 Å². The van der Waals surface area contributed by atoms with Crippen molar-refractivity contribution in [3.63, 3.8) is 0 Å². The predicted molar refractivity (Wildman–Crippen MR) is 74.0 cm³/mol. The first kappa shape index (κ1) is 11.3. The van der Waals surface area contributed by atoms with Crippen molar-refractivity contribution in [2.45, 2.75) is 12.5 Å². The lowest BCUT2D eigenvalue weighted by Crippen LogP contribution is -2.22. The minimum atomic E-state index is -0.0997. The van der Waals surface area contributed by atoms with Gasteiger partial charge in [-0.1, -0.05) is 24.3 Å². The highest BCUT2D eigenvalue weighted by Gasteiger charge is 2.38. The number of rotatable bonds is 1. The average molecular weight is 267 g/mol. The monoisotopic (exact) mass is 267 g/mol. The number of methoxy groups -OCH3 is 1. The van der Waals surface area contributed by atoms with Gasteiger partial charge in [-0.05, 0) is 29.2 Å². The van der Waals surface area contributed by atoms with E-state index >= 15 is 0 Å². The summed E-state index contributed by atoms with van der Waals surface area (Å²) in [5.41, 5.74) is 4.33. The van der Waals surface area contributed by atoms with Gasteiger partial charge in [-0.2, -0.15) is 0 Å². The van der Waals surface area contributed by atoms with Crippen molar-refractivity contribution in [1.29, 1.82) is 0 Å². The number of hydrogen-bond donors (Lipinski definition) is 2. The van der Waals surface area contributed by atoms with Gasteiger partial charge in [0, 0.05) is 11.1 Å². The van der Waals surface area contributed by atoms with Gasteiger partial charge in [-0.15, -0.1) is 0 Å². The summed E-state index contributed by atoms with van der Waals surface area (Å²) in [6.07, 6.45) is 0.758. The third-order valence-corrected chi connectivity index (χ3v) is 4.13. The van der Waals surface area contributed by atoms with Crippen molar-refractivity contribution >= 4 is 5.91 Å². The zero-order valence-corrected chi connectivity index (χ0v) is 10.9. The molecule has 4 nitrogen and oxygen atoms in total. The molecule has 1 atom stereocenters. The number of phenols is 1. The molecule has 2 N–H and O–H groups in total. The van der Waals surface area contributed by atoms with E-state index in [0.29, 0.717) is 11.3 Å². The van der Waals surface area contributed by atoms with E-state index in [1.807, 2.05) is 24.3 Å². The third-order valence-electron chi connectivity index (χ3n) is 4.13. The summed E-state index contributed by atoms with van der Waals surface area (Å²) >= 11 is 0. The molecule has 2 aromatic carbocycles. The fourth-order valence-electron chi connectivity index (χ4n) is 3.26. The van der Waals surface area contributed by atoms with Crippen molar-refractivity contribution in [2.24, 2.45) is 0 Å². The molecule has 1 aliphatic heterocycles. The molecule has 20 heavy (non-hydrogen) atoms. The molecule has 0 radical (unpaired) electrons. The maximum Gasteiger partial charge on any atom is 0.252 e. The third kappa shape index (κ3) is 1.28. The van der Waals surface area contributed by atoms with Crippen LogP contribution in [0.15, 0.2) is 30.3 Å². The minimum absolute atomic E-state index is 0.0563. The van der Waals surface area contributed by atoms with Crippen LogP contribution in [-0.4, -0.2) is 18.1 Å². The molecule has 1 heterocycles. The first-order chi connectivity index (χ1) is 9.70. The Hall–Kier alpha value is -2.49. The molecule has 4 heteroatoms. The zero-order valence-electron chi connectivity index (χ0n) is 10.9. The number of benzene rings is 2. The van der Waals surface area contributed by atoms with Gasteiger partial charge in [0.25, 0.3) is 5.91 Å². The van der Waals surface area contributed by atoms with Crippen LogP contribution in [0.1, 0.15) is 27.5 Å². The standard InChI is InChI=1S/C16H13NO3/c1-20-12-7-10-13-11(17-16(10)19)6-8-4-2-3-5-9(8)14(13)15(12)18/h2-5,7,11,18H,6H2,1H3,(H,17,19). The van der Waals surface area contributed by atoms with Crippen molar-refractivity contribution in [3.05, 3.63) is 47.0 Å². The van der Waals surface area contributed by atoms with Gasteiger partial charge in [-0.25, -0.2) is 0 Å². The summed E-state index contributed by atoms with van der Waals surface area (Å²) in [6, 6.07) is 9.48. The molecule has 2 aliphatic rings. The fraction of sp³-hybridized carbons (Fsp3) is 0.188. The number of nitrogens with one attached hydrogen (secondary N) is 1. The summed E-state index contributed by atoms with van der Waals surface area (Å²) in [6.45, 7) is 0. The molecule has 0 spiro atoms. The van der Waals surface area contributed by atoms with Crippen molar-refractivity contribution in [1.82, 2.24) is 5.32 Å². The van der Waals surface area contributed by atoms with Crippen LogP contribution in [0.4, 0.5) is 0 Å². The second kappa shape index (κ2) is 3.76. The summed E-state index contributed by atoms with van der Waals surface area (Å²) in [4.78, 5) is 12.1. The Morgan fingerprint density at radius 1 is 1.30 bits per heavy atom. The van der Waals surface area contributed by atoms with Crippen LogP contribution >= 0.6 is 0 Å². The number of aromatic hydroxyl groups is 1. The van der Waals surface area contributed by atoms with Crippen LogP contribution in [0.5, 0.6) is 11.5 Å². The number of carbonyl (C=O) groups excluding carboxylic acids is 1. The number of ether oxygens (including phenoxy) is 1. The summed E-state index contributed by atoms with van der Waals surface area (Å²) < 4.78 is 5.21. The lowest BCUT2D eigenvalue weighted by Gasteiger charge is -2.25. The van der Waals surface area contributed by atoms with Gasteiger partial charge < -0.3 is 15.2 Å². The van der Waals surface area contributed by atoms with Gasteiger partial charge in [-0.3, -0.25) is 4.79 Å². The normalized spacial score (nSPS) is 18.2. The minimum Gasteiger partial charge on any atom is -0.504 e. The van der Waals surface area contributed by atoms with E-state index in [2.05, 4.69) is 5.32 Å². The summed E-state index contributed by atoms with van der Waals surface area (Å²) in [7, 11) is 1.49. The van der Waals surface area contributed by atoms with Crippen molar-refractivity contribution < 1.29 is 14.6 Å². The van der Waals surface area contributed by atoms with Crippen LogP contribution in [0, 0.1) is 0 Å². The van der Waals surface area contributed by atoms with Crippen LogP contribution < -0.4 is 10.1 Å². The highest BCUT2D eigenvalue weighted by molar-refractivity contribution is 6.04. The number of phenolic OH excluding ortho intramolecular Hbond substituents is 1. The van der Waals surface area contributed by atoms with Crippen LogP contribution in [0.3, 0.4) is 0 Å². The molecule has 0 saturated heterocycles. The quantitative estimate of drug-likeness (QED) is 0.834. The Labute approximate surface area is 116 Å². The van der Waals surface area contributed by atoms with E-state index < -0.39 is 0 Å². The molecular formula is C16H13NO3. The molecule has 0 saturated carbocycles. The molecule has 0 fully saturated rings. The van der Waals surface area contributed by atoms with E-state index in [-0.39, 0.29) is 17.7 Å². The van der Waals surface area contributed by atoms with Gasteiger partial charge >= 0.3 is 0 Å². The van der Waals surface area contributed by atoms with Gasteiger partial charge in [0.2, 0.25) is 0 Å². The molecule has 4 rings (SSSR count). The smallest absolute Gasteiger partial charge is 0.252 e. The first-order valence-corrected chi connectivity index (χ1v) is 6.53. The van der Waals surface area contributed by atoms with Gasteiger partial charge in [0.1, 0.15) is 0 Å². The second-order valence-electron chi connectivity index (χ2n) is 5.15. The Kier molecular flexibility index (Phi) is 2.13. The number of amides is 1. The van der Waals surface area contributed by atoms with Crippen molar-refractivity contribution in [2.75, 3.05) is 7.11 Å². The Morgan fingerprint density at radius 2 is 2.10 bits per heavy atom. The molecule has 0 bridgehead atoms. The second-order valence-corrected chi connectivity index (χ2v) is 5.15. The molecule has 1 aliphatic carbocycles. The lowest BCUT2D eigenvalue weighted by molar-refractivity contribution is 0.0956. The Balaban J connectivity index is 2.12. The van der Waals surface area contributed by atoms with Gasteiger partial charge in [0.15, 0.2) is 11.5 Å². The molecule has 0 aromatic heterocycles. The van der Waals surface area contributed by atoms with E-state index in [9.17, 15) is 9.90 Å². The first-order valence-electron chi connectivity index (χ1n) is 6.53. The van der Waals surface area contributed by atoms with Crippen LogP contribution in [0.25, 0.3) is 11.1 Å². The zero-order chi connectivity index (χ0) is 13.9. The van der Waals surface area contributed by atoms with Crippen molar-refractivity contribution in [3.8, 4) is 22.6 Å². The highest BCUT2D eigenvalue weighted by Crippen LogP contribution is 2.50. The largest absolute Gasteiger partial charge is 0.504 e. The summed E-state index contributed by atoms with van der Waals surface area (Å²) in [5.74, 6) is 0.350. The predicted octanol–water partition coefficient (Wildman–Crippen LogP) is 2.41. The topological polar surface area (TPSA) is 58.6 Å². The number of fused-ring (bicyclic) bond motifs is 2. The number of hydrogen-bond acceptors (Lipinski definition) is 3. The lowest BCUT2D eigenvalue weighted by atomic mass is 9.81. The van der Waals surface area contributed by atoms with Crippen LogP contribution in [-0.2, 0) is 6.42 Å². The molecular weight excluding hydrogens is 254 g/mol. The molecule has 1 amide bonds. The maximum atomic E-state index is 12.1. The van der Waals surface area contributed by atoms with E-state index in [4.69, 9.17) is 4.74 Å². The molecule has 2 aromatic rings. The Bertz CT molecular complexity index is 752.